The first kappa shape index (κ1) is 12.3. The van der Waals surface area contributed by atoms with Crippen molar-refractivity contribution in [3.05, 3.63) is 41.5 Å². The first-order valence-corrected chi connectivity index (χ1v) is 5.34. The Labute approximate surface area is 95.8 Å². The van der Waals surface area contributed by atoms with Crippen molar-refractivity contribution in [2.24, 2.45) is 0 Å². The van der Waals surface area contributed by atoms with Crippen molar-refractivity contribution in [3.63, 3.8) is 0 Å². The second-order valence-electron chi connectivity index (χ2n) is 3.56. The molecule has 0 aliphatic heterocycles. The molecule has 0 radical (unpaired) electrons. The Bertz CT molecular complexity index is 397. The first-order valence-electron chi connectivity index (χ1n) is 5.34. The van der Waals surface area contributed by atoms with Crippen LogP contribution in [0.25, 0.3) is 0 Å². The SMILES string of the molecule is C/C=C/CCNC(=O)c1cccc(O)c1C. The summed E-state index contributed by atoms with van der Waals surface area (Å²) in [6, 6.07) is 4.95. The van der Waals surface area contributed by atoms with E-state index < -0.39 is 0 Å². The van der Waals surface area contributed by atoms with Gasteiger partial charge < -0.3 is 10.4 Å². The summed E-state index contributed by atoms with van der Waals surface area (Å²) in [5, 5.41) is 12.3. The summed E-state index contributed by atoms with van der Waals surface area (Å²) in [7, 11) is 0. The van der Waals surface area contributed by atoms with Crippen LogP contribution in [0.3, 0.4) is 0 Å². The number of carbonyl (C=O) groups is 1. The van der Waals surface area contributed by atoms with E-state index >= 15 is 0 Å². The Morgan fingerprint density at radius 3 is 2.94 bits per heavy atom. The molecule has 0 spiro atoms. The number of aromatic hydroxyl groups is 1. The Morgan fingerprint density at radius 2 is 2.25 bits per heavy atom. The molecule has 1 rings (SSSR count). The number of nitrogens with one attached hydrogen (secondary N) is 1. The van der Waals surface area contributed by atoms with Gasteiger partial charge in [0.15, 0.2) is 0 Å². The Morgan fingerprint density at radius 1 is 1.50 bits per heavy atom. The Balaban J connectivity index is 2.63. The van der Waals surface area contributed by atoms with Crippen LogP contribution in [-0.2, 0) is 0 Å². The summed E-state index contributed by atoms with van der Waals surface area (Å²) < 4.78 is 0. The molecule has 0 saturated carbocycles. The van der Waals surface area contributed by atoms with Gasteiger partial charge in [0.25, 0.3) is 5.91 Å². The molecule has 2 N–H and O–H groups in total. The molecule has 0 saturated heterocycles. The topological polar surface area (TPSA) is 49.3 Å². The van der Waals surface area contributed by atoms with Crippen molar-refractivity contribution in [1.82, 2.24) is 5.32 Å². The minimum Gasteiger partial charge on any atom is -0.508 e. The van der Waals surface area contributed by atoms with Gasteiger partial charge in [-0.3, -0.25) is 4.79 Å². The van der Waals surface area contributed by atoms with Crippen molar-refractivity contribution in [3.8, 4) is 5.75 Å². The highest BCUT2D eigenvalue weighted by molar-refractivity contribution is 5.96. The summed E-state index contributed by atoms with van der Waals surface area (Å²) >= 11 is 0. The molecule has 0 atom stereocenters. The van der Waals surface area contributed by atoms with Crippen LogP contribution in [-0.4, -0.2) is 17.6 Å². The van der Waals surface area contributed by atoms with Crippen LogP contribution in [0.4, 0.5) is 0 Å². The van der Waals surface area contributed by atoms with Crippen LogP contribution in [0, 0.1) is 6.92 Å². The number of allylic oxidation sites excluding steroid dienone is 1. The minimum absolute atomic E-state index is 0.141. The van der Waals surface area contributed by atoms with Crippen molar-refractivity contribution >= 4 is 5.91 Å². The zero-order valence-electron chi connectivity index (χ0n) is 9.66. The fraction of sp³-hybridized carbons (Fsp3) is 0.308. The van der Waals surface area contributed by atoms with Gasteiger partial charge in [0.05, 0.1) is 0 Å². The van der Waals surface area contributed by atoms with E-state index in [1.165, 1.54) is 0 Å². The second-order valence-corrected chi connectivity index (χ2v) is 3.56. The Hall–Kier alpha value is -1.77. The lowest BCUT2D eigenvalue weighted by Crippen LogP contribution is -2.24. The van der Waals surface area contributed by atoms with E-state index in [0.717, 1.165) is 6.42 Å². The zero-order chi connectivity index (χ0) is 12.0. The molecule has 0 unspecified atom stereocenters. The van der Waals surface area contributed by atoms with Crippen LogP contribution in [0.1, 0.15) is 29.3 Å². The predicted molar refractivity (Wildman–Crippen MR) is 64.6 cm³/mol. The third-order valence-corrected chi connectivity index (χ3v) is 2.38. The van der Waals surface area contributed by atoms with Crippen LogP contribution in [0.15, 0.2) is 30.4 Å². The molecule has 1 aromatic carbocycles. The molecule has 3 nitrogen and oxygen atoms in total. The van der Waals surface area contributed by atoms with Gasteiger partial charge in [-0.1, -0.05) is 18.2 Å². The van der Waals surface area contributed by atoms with Gasteiger partial charge >= 0.3 is 0 Å². The van der Waals surface area contributed by atoms with Crippen molar-refractivity contribution < 1.29 is 9.90 Å². The molecule has 1 amide bonds. The number of phenols is 1. The summed E-state index contributed by atoms with van der Waals surface area (Å²) in [6.45, 7) is 4.29. The van der Waals surface area contributed by atoms with E-state index in [1.807, 2.05) is 19.1 Å². The van der Waals surface area contributed by atoms with Gasteiger partial charge in [-0.25, -0.2) is 0 Å². The van der Waals surface area contributed by atoms with Crippen molar-refractivity contribution in [1.29, 1.82) is 0 Å². The molecular formula is C13H17NO2. The predicted octanol–water partition coefficient (Wildman–Crippen LogP) is 2.40. The molecule has 1 aromatic rings. The van der Waals surface area contributed by atoms with Gasteiger partial charge in [0.2, 0.25) is 0 Å². The van der Waals surface area contributed by atoms with E-state index in [2.05, 4.69) is 5.32 Å². The maximum Gasteiger partial charge on any atom is 0.251 e. The number of phenolic OH excluding ortho intramolecular Hbond substituents is 1. The van der Waals surface area contributed by atoms with Crippen LogP contribution >= 0.6 is 0 Å². The number of benzene rings is 1. The molecule has 0 bridgehead atoms. The summed E-state index contributed by atoms with van der Waals surface area (Å²) in [6.07, 6.45) is 4.77. The average Bonchev–Trinajstić information content (AvgIpc) is 2.28. The fourth-order valence-electron chi connectivity index (χ4n) is 1.40. The molecule has 86 valence electrons. The number of rotatable bonds is 4. The highest BCUT2D eigenvalue weighted by Crippen LogP contribution is 2.19. The van der Waals surface area contributed by atoms with Crippen LogP contribution < -0.4 is 5.32 Å². The van der Waals surface area contributed by atoms with Crippen LogP contribution in [0.5, 0.6) is 5.75 Å². The fourth-order valence-corrected chi connectivity index (χ4v) is 1.40. The minimum atomic E-state index is -0.141. The molecule has 3 heteroatoms. The highest BCUT2D eigenvalue weighted by Gasteiger charge is 2.09. The third-order valence-electron chi connectivity index (χ3n) is 2.38. The summed E-state index contributed by atoms with van der Waals surface area (Å²) in [4.78, 5) is 11.7. The summed E-state index contributed by atoms with van der Waals surface area (Å²) in [5.74, 6) is 0.0130. The van der Waals surface area contributed by atoms with E-state index in [4.69, 9.17) is 0 Å². The van der Waals surface area contributed by atoms with Gasteiger partial charge in [0, 0.05) is 17.7 Å². The van der Waals surface area contributed by atoms with Crippen LogP contribution in [0.2, 0.25) is 0 Å². The van der Waals surface area contributed by atoms with Gasteiger partial charge in [-0.15, -0.1) is 0 Å². The number of hydrogen-bond donors (Lipinski definition) is 2. The largest absolute Gasteiger partial charge is 0.508 e. The highest BCUT2D eigenvalue weighted by atomic mass is 16.3. The summed E-state index contributed by atoms with van der Waals surface area (Å²) in [5.41, 5.74) is 1.14. The monoisotopic (exact) mass is 219 g/mol. The third kappa shape index (κ3) is 3.12. The molecule has 0 heterocycles. The van der Waals surface area contributed by atoms with Gasteiger partial charge in [0.1, 0.15) is 5.75 Å². The maximum atomic E-state index is 11.7. The lowest BCUT2D eigenvalue weighted by Gasteiger charge is -2.07. The van der Waals surface area contributed by atoms with E-state index in [1.54, 1.807) is 25.1 Å². The molecule has 0 aliphatic carbocycles. The molecular weight excluding hydrogens is 202 g/mol. The van der Waals surface area contributed by atoms with E-state index in [-0.39, 0.29) is 11.7 Å². The average molecular weight is 219 g/mol. The molecule has 0 aliphatic rings. The zero-order valence-corrected chi connectivity index (χ0v) is 9.66. The normalized spacial score (nSPS) is 10.6. The maximum absolute atomic E-state index is 11.7. The molecule has 0 aromatic heterocycles. The van der Waals surface area contributed by atoms with Crippen molar-refractivity contribution in [2.45, 2.75) is 20.3 Å². The first-order chi connectivity index (χ1) is 7.66. The number of hydrogen-bond acceptors (Lipinski definition) is 2. The standard InChI is InChI=1S/C13H17NO2/c1-3-4-5-9-14-13(16)11-7-6-8-12(15)10(11)2/h3-4,6-8,15H,5,9H2,1-2H3,(H,14,16)/b4-3+. The lowest BCUT2D eigenvalue weighted by atomic mass is 10.1. The second kappa shape index (κ2) is 5.95. The van der Waals surface area contributed by atoms with E-state index in [0.29, 0.717) is 17.7 Å². The number of amides is 1. The van der Waals surface area contributed by atoms with Crippen molar-refractivity contribution in [2.75, 3.05) is 6.54 Å². The Kier molecular flexibility index (Phi) is 4.58. The lowest BCUT2D eigenvalue weighted by molar-refractivity contribution is 0.0953. The van der Waals surface area contributed by atoms with E-state index in [9.17, 15) is 9.90 Å². The van der Waals surface area contributed by atoms with Gasteiger partial charge in [-0.2, -0.15) is 0 Å². The number of carbonyl (C=O) groups excluding carboxylic acids is 1. The molecule has 0 fully saturated rings. The quantitative estimate of drug-likeness (QED) is 0.603. The molecule has 16 heavy (non-hydrogen) atoms. The smallest absolute Gasteiger partial charge is 0.251 e. The van der Waals surface area contributed by atoms with Gasteiger partial charge in [-0.05, 0) is 32.4 Å².